The lowest BCUT2D eigenvalue weighted by Crippen LogP contribution is -2.67. The molecule has 2 heterocycles. The molecule has 1 fully saturated rings. The number of Topliss-reactive ketones (excluding diaryl/α,β-unsaturated/α-hetero) is 2. The largest absolute Gasteiger partial charge is 0.504 e. The van der Waals surface area contributed by atoms with Gasteiger partial charge < -0.3 is 9.84 Å². The Bertz CT molecular complexity index is 1570. The highest BCUT2D eigenvalue weighted by molar-refractivity contribution is 9.10. The Morgan fingerprint density at radius 3 is 2.36 bits per heavy atom. The van der Waals surface area contributed by atoms with Crippen LogP contribution < -0.4 is 16.1 Å². The predicted octanol–water partition coefficient (Wildman–Crippen LogP) is 3.29. The van der Waals surface area contributed by atoms with E-state index in [-0.39, 0.29) is 30.0 Å². The van der Waals surface area contributed by atoms with E-state index in [1.165, 1.54) is 35.7 Å². The summed E-state index contributed by atoms with van der Waals surface area (Å²) in [4.78, 5) is 48.5. The van der Waals surface area contributed by atoms with Gasteiger partial charge in [-0.25, -0.2) is 23.5 Å². The number of halogens is 5. The number of carbonyl (C=O) groups excluding carboxylic acids is 2. The summed E-state index contributed by atoms with van der Waals surface area (Å²) in [6, 6.07) is 2.03. The van der Waals surface area contributed by atoms with Crippen LogP contribution in [0.4, 0.5) is 0 Å². The number of rotatable bonds is 2. The third-order valence-electron chi connectivity index (χ3n) is 7.09. The van der Waals surface area contributed by atoms with E-state index in [4.69, 9.17) is 51.1 Å². The Hall–Kier alpha value is -1.98. The van der Waals surface area contributed by atoms with Crippen molar-refractivity contribution in [2.24, 2.45) is 7.05 Å². The van der Waals surface area contributed by atoms with Crippen LogP contribution in [0.1, 0.15) is 23.9 Å². The average Bonchev–Trinajstić information content (AvgIpc) is 3.07. The molecule has 1 aliphatic heterocycles. The van der Waals surface area contributed by atoms with Crippen molar-refractivity contribution < 1.29 is 19.4 Å². The molecule has 5 rings (SSSR count). The summed E-state index contributed by atoms with van der Waals surface area (Å²) < 4.78 is 9.06. The Balaban J connectivity index is 1.90. The monoisotopic (exact) mass is 637 g/mol. The van der Waals surface area contributed by atoms with Crippen LogP contribution in [0.3, 0.4) is 0 Å². The fourth-order valence-electron chi connectivity index (χ4n) is 5.39. The predicted molar refractivity (Wildman–Crippen MR) is 137 cm³/mol. The van der Waals surface area contributed by atoms with Crippen LogP contribution in [0.15, 0.2) is 47.9 Å². The van der Waals surface area contributed by atoms with Gasteiger partial charge >= 0.3 is 11.4 Å². The van der Waals surface area contributed by atoms with E-state index in [0.717, 1.165) is 4.57 Å². The van der Waals surface area contributed by atoms with Crippen LogP contribution in [0.2, 0.25) is 0 Å². The third-order valence-corrected chi connectivity index (χ3v) is 9.80. The second-order valence-corrected chi connectivity index (χ2v) is 11.7. The number of phenolic OH excluding ortho intramolecular Hbond substituents is 1. The van der Waals surface area contributed by atoms with Gasteiger partial charge in [-0.05, 0) is 17.7 Å². The summed E-state index contributed by atoms with van der Waals surface area (Å²) in [5.74, 6) is -3.38. The zero-order valence-electron chi connectivity index (χ0n) is 18.5. The Morgan fingerprint density at radius 1 is 1.08 bits per heavy atom. The first-order valence-corrected chi connectivity index (χ1v) is 12.8. The van der Waals surface area contributed by atoms with E-state index in [0.29, 0.717) is 10.0 Å². The molecule has 2 aromatic rings. The van der Waals surface area contributed by atoms with Crippen molar-refractivity contribution in [3.05, 3.63) is 64.9 Å². The summed E-state index contributed by atoms with van der Waals surface area (Å²) in [6.45, 7) is -0.0299. The SMILES string of the molecule is COc1cc(Br)cc([C@H]2C3=CCn4c(=O)n(C)c(=O)n4[C@@H]3C[C@@]3(Cl)C(=O)C(Cl)=C(Cl)C(=O)[C@@]23Cl)c1O. The zero-order valence-corrected chi connectivity index (χ0v) is 23.1. The Labute approximate surface area is 231 Å². The molecule has 0 amide bonds. The van der Waals surface area contributed by atoms with Gasteiger partial charge in [0, 0.05) is 29.4 Å². The Kier molecular flexibility index (Phi) is 5.89. The number of ketones is 2. The number of hydrogen-bond acceptors (Lipinski definition) is 6. The highest BCUT2D eigenvalue weighted by Gasteiger charge is 2.71. The molecule has 190 valence electrons. The number of hydrogen-bond donors (Lipinski definition) is 1. The van der Waals surface area contributed by atoms with Crippen molar-refractivity contribution >= 4 is 73.9 Å². The van der Waals surface area contributed by atoms with E-state index < -0.39 is 54.7 Å². The molecule has 36 heavy (non-hydrogen) atoms. The topological polar surface area (TPSA) is 113 Å². The number of alkyl halides is 2. The fraction of sp³-hybridized carbons (Fsp3) is 0.364. The quantitative estimate of drug-likeness (QED) is 0.399. The maximum absolute atomic E-state index is 13.7. The van der Waals surface area contributed by atoms with Crippen LogP contribution in [-0.4, -0.2) is 47.5 Å². The van der Waals surface area contributed by atoms with Crippen LogP contribution in [0, 0.1) is 0 Å². The molecule has 3 aliphatic rings. The minimum Gasteiger partial charge on any atom is -0.504 e. The number of ether oxygens (including phenoxy) is 1. The van der Waals surface area contributed by atoms with E-state index in [1.54, 1.807) is 6.08 Å². The van der Waals surface area contributed by atoms with Gasteiger partial charge in [0.25, 0.3) is 0 Å². The molecule has 1 N–H and O–H groups in total. The van der Waals surface area contributed by atoms with Crippen molar-refractivity contribution in [2.45, 2.75) is 34.7 Å². The first-order valence-electron chi connectivity index (χ1n) is 10.5. The standard InChI is InChI=1S/C22H16BrCl4N3O6/c1-28-19(34)29-4-3-9-11(30(29)20(28)35)7-21(26)17(32)14(24)15(25)18(33)22(21,27)13(9)10-5-8(23)6-12(36-2)16(10)31/h3,5-6,11,13,31H,4,7H2,1-2H3/t11-,13-,21-,22+/m1/s1. The highest BCUT2D eigenvalue weighted by atomic mass is 79.9. The van der Waals surface area contributed by atoms with E-state index in [1.807, 2.05) is 0 Å². The van der Waals surface area contributed by atoms with Crippen molar-refractivity contribution in [2.75, 3.05) is 7.11 Å². The molecule has 1 saturated carbocycles. The molecule has 14 heteroatoms. The summed E-state index contributed by atoms with van der Waals surface area (Å²) in [7, 11) is 2.67. The minimum atomic E-state index is -2.24. The number of carbonyl (C=O) groups is 2. The van der Waals surface area contributed by atoms with Gasteiger partial charge in [-0.15, -0.1) is 23.2 Å². The first kappa shape index (κ1) is 25.7. The second-order valence-electron chi connectivity index (χ2n) is 8.75. The van der Waals surface area contributed by atoms with Crippen molar-refractivity contribution in [1.29, 1.82) is 0 Å². The van der Waals surface area contributed by atoms with Crippen molar-refractivity contribution in [1.82, 2.24) is 13.9 Å². The maximum Gasteiger partial charge on any atom is 0.347 e. The Morgan fingerprint density at radius 2 is 1.72 bits per heavy atom. The second kappa shape index (κ2) is 8.26. The van der Waals surface area contributed by atoms with E-state index in [9.17, 15) is 24.3 Å². The maximum atomic E-state index is 13.7. The molecular weight excluding hydrogens is 624 g/mol. The number of phenols is 1. The lowest BCUT2D eigenvalue weighted by Gasteiger charge is -2.54. The number of fused-ring (bicyclic) bond motifs is 4. The highest BCUT2D eigenvalue weighted by Crippen LogP contribution is 2.65. The molecule has 0 radical (unpaired) electrons. The zero-order chi connectivity index (χ0) is 26.5. The molecular formula is C22H16BrCl4N3O6. The molecule has 1 aromatic heterocycles. The molecule has 0 spiro atoms. The number of methoxy groups -OCH3 is 1. The van der Waals surface area contributed by atoms with Gasteiger partial charge in [0.05, 0.1) is 19.7 Å². The van der Waals surface area contributed by atoms with E-state index in [2.05, 4.69) is 15.9 Å². The van der Waals surface area contributed by atoms with Crippen LogP contribution in [-0.2, 0) is 23.2 Å². The van der Waals surface area contributed by atoms with Crippen LogP contribution >= 0.6 is 62.3 Å². The van der Waals surface area contributed by atoms with Gasteiger partial charge in [0.15, 0.2) is 23.1 Å². The third kappa shape index (κ3) is 3.02. The van der Waals surface area contributed by atoms with Gasteiger partial charge in [0.2, 0.25) is 0 Å². The van der Waals surface area contributed by atoms with Gasteiger partial charge in [-0.1, -0.05) is 45.2 Å². The van der Waals surface area contributed by atoms with Crippen LogP contribution in [0.5, 0.6) is 11.5 Å². The normalized spacial score (nSPS) is 29.5. The molecule has 2 aliphatic carbocycles. The molecule has 1 aromatic carbocycles. The number of benzene rings is 1. The fourth-order valence-corrected chi connectivity index (χ4v) is 7.36. The van der Waals surface area contributed by atoms with Gasteiger partial charge in [-0.2, -0.15) is 0 Å². The van der Waals surface area contributed by atoms with Crippen molar-refractivity contribution in [3.8, 4) is 11.5 Å². The molecule has 0 bridgehead atoms. The summed E-state index contributed by atoms with van der Waals surface area (Å²) >= 11 is 29.8. The molecule has 0 unspecified atom stereocenters. The van der Waals surface area contributed by atoms with Crippen LogP contribution in [0.25, 0.3) is 0 Å². The summed E-state index contributed by atoms with van der Waals surface area (Å²) in [5, 5.41) is 9.98. The van der Waals surface area contributed by atoms with E-state index >= 15 is 0 Å². The average molecular weight is 640 g/mol. The summed E-state index contributed by atoms with van der Waals surface area (Å²) in [6.07, 6.45) is 1.29. The number of aromatic hydroxyl groups is 1. The van der Waals surface area contributed by atoms with Gasteiger partial charge in [-0.3, -0.25) is 9.59 Å². The first-order chi connectivity index (χ1) is 16.8. The van der Waals surface area contributed by atoms with Crippen molar-refractivity contribution in [3.63, 3.8) is 0 Å². The minimum absolute atomic E-state index is 0.0299. The smallest absolute Gasteiger partial charge is 0.347 e. The molecule has 9 nitrogen and oxygen atoms in total. The number of allylic oxidation sites excluding steroid dienone is 4. The number of nitrogens with zero attached hydrogens (tertiary/aromatic N) is 3. The van der Waals surface area contributed by atoms with Gasteiger partial charge in [0.1, 0.15) is 19.8 Å². The molecule has 4 atom stereocenters. The lowest BCUT2D eigenvalue weighted by atomic mass is 9.59. The molecule has 0 saturated heterocycles. The lowest BCUT2D eigenvalue weighted by molar-refractivity contribution is -0.128. The summed E-state index contributed by atoms with van der Waals surface area (Å²) in [5.41, 5.74) is -0.729. The number of aromatic nitrogens is 3.